The molecular weight excluding hydrogens is 484 g/mol. The maximum atomic E-state index is 13.1. The number of ether oxygens (including phenoxy) is 2. The summed E-state index contributed by atoms with van der Waals surface area (Å²) in [5.74, 6) is -0.789. The summed E-state index contributed by atoms with van der Waals surface area (Å²) in [5.41, 5.74) is 7.43. The maximum absolute atomic E-state index is 13.1. The molecule has 38 heavy (non-hydrogen) atoms. The molecule has 0 bridgehead atoms. The van der Waals surface area contributed by atoms with Crippen molar-refractivity contribution in [2.75, 3.05) is 0 Å². The summed E-state index contributed by atoms with van der Waals surface area (Å²) in [5, 5.41) is 19.9. The number of carbonyl (C=O) groups is 2. The van der Waals surface area contributed by atoms with E-state index in [2.05, 4.69) is 10.9 Å². The van der Waals surface area contributed by atoms with Crippen LogP contribution in [0.1, 0.15) is 38.7 Å². The monoisotopic (exact) mass is 512 g/mol. The van der Waals surface area contributed by atoms with Crippen LogP contribution in [0.3, 0.4) is 0 Å². The van der Waals surface area contributed by atoms with Crippen molar-refractivity contribution in [2.45, 2.75) is 26.2 Å². The molecule has 8 nitrogen and oxygen atoms in total. The molecule has 4 N–H and O–H groups in total. The fraction of sp³-hybridized carbons (Fsp3) is 0.133. The van der Waals surface area contributed by atoms with E-state index in [1.54, 1.807) is 19.1 Å². The molecule has 0 spiro atoms. The molecule has 8 heteroatoms. The van der Waals surface area contributed by atoms with E-state index in [0.29, 0.717) is 17.9 Å². The van der Waals surface area contributed by atoms with Gasteiger partial charge in [0.2, 0.25) is 0 Å². The standard InChI is InChI=1S/C30H28N2O6/c1-20-15-25(37-18-21-9-4-2-5-10-21)17-26(38-19-22-11-6-3-7-12-22)27(20)29(35)31-32-30(36)28(34)23-13-8-14-24(33)16-23/h2-17,28,33-34H,18-19H2,1H3,(H,31,35)(H,32,36). The number of phenolic OH excluding ortho intramolecular Hbond substituents is 1. The lowest BCUT2D eigenvalue weighted by Crippen LogP contribution is -2.44. The lowest BCUT2D eigenvalue weighted by Gasteiger charge is -2.18. The van der Waals surface area contributed by atoms with E-state index in [9.17, 15) is 19.8 Å². The number of amides is 2. The summed E-state index contributed by atoms with van der Waals surface area (Å²) in [4.78, 5) is 25.6. The van der Waals surface area contributed by atoms with Gasteiger partial charge in [-0.1, -0.05) is 72.8 Å². The zero-order valence-corrected chi connectivity index (χ0v) is 20.8. The zero-order valence-electron chi connectivity index (χ0n) is 20.8. The van der Waals surface area contributed by atoms with Crippen molar-refractivity contribution >= 4 is 11.8 Å². The minimum atomic E-state index is -1.59. The number of rotatable bonds is 9. The highest BCUT2D eigenvalue weighted by Crippen LogP contribution is 2.30. The average molecular weight is 513 g/mol. The Bertz CT molecular complexity index is 1390. The Hall–Kier alpha value is -4.82. The molecule has 0 aliphatic carbocycles. The van der Waals surface area contributed by atoms with E-state index in [-0.39, 0.29) is 29.2 Å². The van der Waals surface area contributed by atoms with Crippen LogP contribution in [-0.4, -0.2) is 22.0 Å². The maximum Gasteiger partial charge on any atom is 0.273 e. The summed E-state index contributed by atoms with van der Waals surface area (Å²) >= 11 is 0. The summed E-state index contributed by atoms with van der Waals surface area (Å²) in [6.07, 6.45) is -1.59. The largest absolute Gasteiger partial charge is 0.508 e. The Morgan fingerprint density at radius 1 is 0.789 bits per heavy atom. The van der Waals surface area contributed by atoms with E-state index in [1.165, 1.54) is 24.3 Å². The highest BCUT2D eigenvalue weighted by molar-refractivity contribution is 5.99. The van der Waals surface area contributed by atoms with E-state index in [1.807, 2.05) is 60.7 Å². The molecule has 0 aliphatic rings. The van der Waals surface area contributed by atoms with Gasteiger partial charge in [0.15, 0.2) is 6.10 Å². The molecule has 0 aliphatic heterocycles. The van der Waals surface area contributed by atoms with Gasteiger partial charge in [0.05, 0.1) is 5.56 Å². The highest BCUT2D eigenvalue weighted by atomic mass is 16.5. The van der Waals surface area contributed by atoms with Crippen LogP contribution >= 0.6 is 0 Å². The molecule has 0 radical (unpaired) electrons. The number of nitrogens with one attached hydrogen (secondary N) is 2. The summed E-state index contributed by atoms with van der Waals surface area (Å²) in [6.45, 7) is 2.29. The Balaban J connectivity index is 1.51. The molecular formula is C30H28N2O6. The predicted molar refractivity (Wildman–Crippen MR) is 141 cm³/mol. The van der Waals surface area contributed by atoms with Crippen LogP contribution in [-0.2, 0) is 18.0 Å². The van der Waals surface area contributed by atoms with Crippen molar-refractivity contribution in [3.63, 3.8) is 0 Å². The number of benzene rings is 4. The van der Waals surface area contributed by atoms with Crippen molar-refractivity contribution in [1.29, 1.82) is 0 Å². The molecule has 194 valence electrons. The molecule has 0 fully saturated rings. The topological polar surface area (TPSA) is 117 Å². The number of aromatic hydroxyl groups is 1. The van der Waals surface area contributed by atoms with Crippen molar-refractivity contribution in [3.05, 3.63) is 125 Å². The van der Waals surface area contributed by atoms with Crippen LogP contribution in [0.2, 0.25) is 0 Å². The molecule has 4 aromatic carbocycles. The van der Waals surface area contributed by atoms with Gasteiger partial charge in [-0.25, -0.2) is 0 Å². The van der Waals surface area contributed by atoms with Gasteiger partial charge in [0.1, 0.15) is 30.5 Å². The number of hydrazine groups is 1. The molecule has 2 amide bonds. The third-order valence-electron chi connectivity index (χ3n) is 5.72. The van der Waals surface area contributed by atoms with E-state index in [4.69, 9.17) is 9.47 Å². The molecule has 0 aromatic heterocycles. The highest BCUT2D eigenvalue weighted by Gasteiger charge is 2.22. The summed E-state index contributed by atoms with van der Waals surface area (Å²) in [7, 11) is 0. The van der Waals surface area contributed by atoms with Gasteiger partial charge in [0.25, 0.3) is 11.8 Å². The van der Waals surface area contributed by atoms with Gasteiger partial charge >= 0.3 is 0 Å². The number of phenols is 1. The minimum absolute atomic E-state index is 0.0937. The van der Waals surface area contributed by atoms with Crippen molar-refractivity contribution < 1.29 is 29.3 Å². The third-order valence-corrected chi connectivity index (χ3v) is 5.72. The Morgan fingerprint density at radius 3 is 2.05 bits per heavy atom. The molecule has 1 atom stereocenters. The molecule has 0 saturated heterocycles. The van der Waals surface area contributed by atoms with Gasteiger partial charge in [-0.3, -0.25) is 20.4 Å². The smallest absolute Gasteiger partial charge is 0.273 e. The SMILES string of the molecule is Cc1cc(OCc2ccccc2)cc(OCc2ccccc2)c1C(=O)NNC(=O)C(O)c1cccc(O)c1. The number of hydrogen-bond donors (Lipinski definition) is 4. The summed E-state index contributed by atoms with van der Waals surface area (Å²) in [6, 6.07) is 28.2. The van der Waals surface area contributed by atoms with E-state index in [0.717, 1.165) is 11.1 Å². The Kier molecular flexibility index (Phi) is 8.58. The van der Waals surface area contributed by atoms with E-state index < -0.39 is 17.9 Å². The Labute approximate surface area is 220 Å². The number of hydrogen-bond acceptors (Lipinski definition) is 6. The molecule has 1 unspecified atom stereocenters. The van der Waals surface area contributed by atoms with Gasteiger partial charge in [-0.05, 0) is 47.4 Å². The number of carbonyl (C=O) groups excluding carboxylic acids is 2. The van der Waals surface area contributed by atoms with Gasteiger partial charge in [-0.15, -0.1) is 0 Å². The van der Waals surface area contributed by atoms with Crippen LogP contribution in [0.5, 0.6) is 17.2 Å². The first-order valence-electron chi connectivity index (χ1n) is 12.0. The van der Waals surface area contributed by atoms with Crippen LogP contribution < -0.4 is 20.3 Å². The predicted octanol–water partition coefficient (Wildman–Crippen LogP) is 4.35. The molecule has 0 saturated carbocycles. The fourth-order valence-electron chi connectivity index (χ4n) is 3.78. The van der Waals surface area contributed by atoms with Gasteiger partial charge < -0.3 is 19.7 Å². The lowest BCUT2D eigenvalue weighted by molar-refractivity contribution is -0.130. The lowest BCUT2D eigenvalue weighted by atomic mass is 10.1. The first-order valence-corrected chi connectivity index (χ1v) is 12.0. The van der Waals surface area contributed by atoms with Crippen LogP contribution in [0.15, 0.2) is 97.1 Å². The Morgan fingerprint density at radius 2 is 1.42 bits per heavy atom. The van der Waals surface area contributed by atoms with Crippen molar-refractivity contribution in [2.24, 2.45) is 0 Å². The fourth-order valence-corrected chi connectivity index (χ4v) is 3.78. The zero-order chi connectivity index (χ0) is 26.9. The summed E-state index contributed by atoms with van der Waals surface area (Å²) < 4.78 is 12.0. The van der Waals surface area contributed by atoms with E-state index >= 15 is 0 Å². The number of aliphatic hydroxyl groups is 1. The second kappa shape index (κ2) is 12.4. The number of aliphatic hydroxyl groups excluding tert-OH is 1. The van der Waals surface area contributed by atoms with Crippen LogP contribution in [0.25, 0.3) is 0 Å². The van der Waals surface area contributed by atoms with Crippen LogP contribution in [0, 0.1) is 6.92 Å². The van der Waals surface area contributed by atoms with Crippen molar-refractivity contribution in [1.82, 2.24) is 10.9 Å². The normalized spacial score (nSPS) is 11.3. The van der Waals surface area contributed by atoms with Gasteiger partial charge in [-0.2, -0.15) is 0 Å². The van der Waals surface area contributed by atoms with Gasteiger partial charge in [0, 0.05) is 6.07 Å². The minimum Gasteiger partial charge on any atom is -0.508 e. The van der Waals surface area contributed by atoms with Crippen LogP contribution in [0.4, 0.5) is 0 Å². The molecule has 0 heterocycles. The first-order chi connectivity index (χ1) is 18.4. The second-order valence-corrected chi connectivity index (χ2v) is 8.60. The second-order valence-electron chi connectivity index (χ2n) is 8.60. The average Bonchev–Trinajstić information content (AvgIpc) is 2.94. The van der Waals surface area contributed by atoms with Crippen molar-refractivity contribution in [3.8, 4) is 17.2 Å². The quantitative estimate of drug-likeness (QED) is 0.248. The number of aryl methyl sites for hydroxylation is 1. The molecule has 4 rings (SSSR count). The molecule has 4 aromatic rings. The third kappa shape index (κ3) is 6.89. The first kappa shape index (κ1) is 26.2.